The van der Waals surface area contributed by atoms with Gasteiger partial charge in [0.15, 0.2) is 34.9 Å². The van der Waals surface area contributed by atoms with Gasteiger partial charge in [-0.15, -0.1) is 0 Å². The van der Waals surface area contributed by atoms with Gasteiger partial charge in [-0.2, -0.15) is 0 Å². The number of hydrogen-bond acceptors (Lipinski definition) is 8. The highest BCUT2D eigenvalue weighted by atomic mass is 79.9. The Morgan fingerprint density at radius 2 is 0.333 bits per heavy atom. The van der Waals surface area contributed by atoms with Gasteiger partial charge in [0.2, 0.25) is 0 Å². The van der Waals surface area contributed by atoms with Crippen LogP contribution in [0.4, 0.5) is 0 Å². The van der Waals surface area contributed by atoms with Crippen molar-refractivity contribution >= 4 is 60.4 Å². The largest absolute Gasteiger partial charge is 0.488 e. The van der Waals surface area contributed by atoms with Crippen LogP contribution in [0.15, 0.2) is 377 Å². The molecule has 2 aromatic heterocycles. The molecular weight excluding hydrogens is 1450 g/mol. The Hall–Kier alpha value is -11.5. The fourth-order valence-corrected chi connectivity index (χ4v) is 13.1. The van der Waals surface area contributed by atoms with E-state index in [1.165, 1.54) is 33.4 Å². The van der Waals surface area contributed by atoms with Gasteiger partial charge in [0.25, 0.3) is 0 Å². The third-order valence-corrected chi connectivity index (χ3v) is 18.7. The van der Waals surface area contributed by atoms with Crippen molar-refractivity contribution < 1.29 is 10.0 Å². The summed E-state index contributed by atoms with van der Waals surface area (Å²) >= 11 is 10.6. The third kappa shape index (κ3) is 16.9. The summed E-state index contributed by atoms with van der Waals surface area (Å²) in [6.07, 6.45) is 0. The second kappa shape index (κ2) is 32.2. The molecule has 0 amide bonds. The zero-order chi connectivity index (χ0) is 69.6. The van der Waals surface area contributed by atoms with Gasteiger partial charge >= 0.3 is 7.12 Å². The van der Waals surface area contributed by atoms with E-state index < -0.39 is 7.12 Å². The van der Waals surface area contributed by atoms with Gasteiger partial charge in [-0.3, -0.25) is 0 Å². The zero-order valence-electron chi connectivity index (χ0n) is 54.9. The van der Waals surface area contributed by atoms with E-state index in [4.69, 9.17) is 40.0 Å². The molecule has 2 heterocycles. The van der Waals surface area contributed by atoms with Crippen molar-refractivity contribution in [1.82, 2.24) is 29.9 Å². The van der Waals surface area contributed by atoms with Gasteiger partial charge in [-0.25, -0.2) is 29.9 Å². The summed E-state index contributed by atoms with van der Waals surface area (Å²) in [5.41, 5.74) is 22.1. The molecular formula is C90H62BBr3N6O2. The van der Waals surface area contributed by atoms with Crippen LogP contribution in [0, 0.1) is 0 Å². The highest BCUT2D eigenvalue weighted by Crippen LogP contribution is 2.35. The molecule has 0 saturated carbocycles. The molecule has 12 heteroatoms. The lowest BCUT2D eigenvalue weighted by Gasteiger charge is -2.12. The average Bonchev–Trinajstić information content (AvgIpc) is 0.797. The van der Waals surface area contributed by atoms with E-state index in [9.17, 15) is 0 Å². The summed E-state index contributed by atoms with van der Waals surface area (Å²) in [4.78, 5) is 29.7. The van der Waals surface area contributed by atoms with Gasteiger partial charge in [0, 0.05) is 46.8 Å². The standard InChI is InChI=1S/C57H39N3.C21H12Br3N3.C12H11BO2/c1-4-13-40(14-5-1)43-25-31-46(32-26-43)49-19-10-22-52(37-49)55-58-56(53-23-11-20-50(38-53)47-33-27-44(28-34-47)41-15-6-2-7-16-41)60-57(59-55)54-24-12-21-51(39-54)48-35-29-45(30-36-48)42-17-8-3-9-18-42;22-16-7-1-4-13(10-16)19-25-20(14-5-2-8-17(23)11-14)27-21(26-19)15-6-3-9-18(24)12-15;14-13(15)12-8-6-11(7-9-12)10-4-2-1-3-5-10/h1-39H;1-12H;1-9,14-15H. The van der Waals surface area contributed by atoms with Crippen LogP contribution in [0.5, 0.6) is 0 Å². The molecule has 0 aliphatic rings. The van der Waals surface area contributed by atoms with E-state index in [1.807, 2.05) is 133 Å². The van der Waals surface area contributed by atoms with Crippen molar-refractivity contribution in [1.29, 1.82) is 0 Å². The van der Waals surface area contributed by atoms with Gasteiger partial charge in [0.1, 0.15) is 0 Å². The maximum absolute atomic E-state index is 8.94. The first kappa shape index (κ1) is 67.7. The van der Waals surface area contributed by atoms with E-state index >= 15 is 0 Å². The van der Waals surface area contributed by atoms with Crippen LogP contribution < -0.4 is 5.46 Å². The summed E-state index contributed by atoms with van der Waals surface area (Å²) < 4.78 is 2.94. The molecule has 16 rings (SSSR count). The second-order valence-corrected chi connectivity index (χ2v) is 26.8. The van der Waals surface area contributed by atoms with Crippen molar-refractivity contribution in [3.63, 3.8) is 0 Å². The lowest BCUT2D eigenvalue weighted by atomic mass is 9.80. The quantitative estimate of drug-likeness (QED) is 0.103. The minimum Gasteiger partial charge on any atom is -0.423 e. The van der Waals surface area contributed by atoms with Crippen molar-refractivity contribution in [3.8, 4) is 146 Å². The fraction of sp³-hybridized carbons (Fsp3) is 0. The third-order valence-electron chi connectivity index (χ3n) is 17.2. The Morgan fingerprint density at radius 1 is 0.167 bits per heavy atom. The minimum atomic E-state index is -1.39. The molecule has 0 spiro atoms. The first-order valence-electron chi connectivity index (χ1n) is 33.2. The van der Waals surface area contributed by atoms with Crippen molar-refractivity contribution in [2.75, 3.05) is 0 Å². The van der Waals surface area contributed by atoms with E-state index in [0.717, 1.165) is 91.3 Å². The minimum absolute atomic E-state index is 0.509. The zero-order valence-corrected chi connectivity index (χ0v) is 59.7. The summed E-state index contributed by atoms with van der Waals surface area (Å²) in [6, 6.07) is 124. The molecule has 2 N–H and O–H groups in total. The number of hydrogen-bond donors (Lipinski definition) is 2. The van der Waals surface area contributed by atoms with Crippen molar-refractivity contribution in [2.24, 2.45) is 0 Å². The van der Waals surface area contributed by atoms with E-state index in [-0.39, 0.29) is 0 Å². The molecule has 0 atom stereocenters. The SMILES string of the molecule is Brc1cccc(-c2nc(-c3cccc(Br)c3)nc(-c3cccc(Br)c3)n2)c1.OB(O)c1ccc(-c2ccccc2)cc1.c1ccc(-c2ccc(-c3cccc(-c4nc(-c5cccc(-c6ccc(-c7ccccc7)cc6)c5)nc(-c5cccc(-c6ccc(-c7ccccc7)cc6)c5)n4)c3)cc2)cc1. The Kier molecular flexibility index (Phi) is 21.4. The summed E-state index contributed by atoms with van der Waals surface area (Å²) in [5, 5.41) is 17.9. The molecule has 488 valence electrons. The molecule has 0 unspecified atom stereocenters. The Labute approximate surface area is 619 Å². The summed E-state index contributed by atoms with van der Waals surface area (Å²) in [6.45, 7) is 0. The predicted molar refractivity (Wildman–Crippen MR) is 430 cm³/mol. The van der Waals surface area contributed by atoms with E-state index in [2.05, 4.69) is 266 Å². The molecule has 102 heavy (non-hydrogen) atoms. The number of halogens is 3. The van der Waals surface area contributed by atoms with Crippen LogP contribution in [-0.4, -0.2) is 47.1 Å². The maximum atomic E-state index is 8.94. The summed E-state index contributed by atoms with van der Waals surface area (Å²) in [7, 11) is -1.39. The Morgan fingerprint density at radius 3 is 0.549 bits per heavy atom. The number of benzene rings is 14. The van der Waals surface area contributed by atoms with Gasteiger partial charge in [0.05, 0.1) is 0 Å². The van der Waals surface area contributed by atoms with Crippen molar-refractivity contribution in [3.05, 3.63) is 377 Å². The van der Waals surface area contributed by atoms with Crippen LogP contribution in [-0.2, 0) is 0 Å². The van der Waals surface area contributed by atoms with Gasteiger partial charge in [-0.05, 0) is 138 Å². The normalized spacial score (nSPS) is 10.8. The second-order valence-electron chi connectivity index (χ2n) is 24.1. The van der Waals surface area contributed by atoms with Gasteiger partial charge < -0.3 is 10.0 Å². The van der Waals surface area contributed by atoms with Crippen LogP contribution in [0.3, 0.4) is 0 Å². The van der Waals surface area contributed by atoms with E-state index in [0.29, 0.717) is 40.4 Å². The number of aromatic nitrogens is 6. The van der Waals surface area contributed by atoms with E-state index in [1.54, 1.807) is 12.1 Å². The van der Waals surface area contributed by atoms with Crippen LogP contribution in [0.25, 0.3) is 146 Å². The van der Waals surface area contributed by atoms with Gasteiger partial charge in [-0.1, -0.05) is 357 Å². The Bertz CT molecular complexity index is 5010. The average molecular weight is 1510 g/mol. The molecule has 0 aliphatic carbocycles. The van der Waals surface area contributed by atoms with Crippen LogP contribution >= 0.6 is 47.8 Å². The molecule has 16 aromatic rings. The maximum Gasteiger partial charge on any atom is 0.488 e. The summed E-state index contributed by atoms with van der Waals surface area (Å²) in [5.74, 6) is 3.76. The number of nitrogens with zero attached hydrogens (tertiary/aromatic N) is 6. The highest BCUT2D eigenvalue weighted by Gasteiger charge is 2.18. The smallest absolute Gasteiger partial charge is 0.423 e. The molecule has 0 radical (unpaired) electrons. The lowest BCUT2D eigenvalue weighted by molar-refractivity contribution is 0.426. The molecule has 0 aliphatic heterocycles. The van der Waals surface area contributed by atoms with Crippen LogP contribution in [0.2, 0.25) is 0 Å². The predicted octanol–water partition coefficient (Wildman–Crippen LogP) is 23.1. The molecule has 0 bridgehead atoms. The highest BCUT2D eigenvalue weighted by molar-refractivity contribution is 9.11. The first-order valence-corrected chi connectivity index (χ1v) is 35.5. The fourth-order valence-electron chi connectivity index (χ4n) is 11.9. The molecule has 8 nitrogen and oxygen atoms in total. The molecule has 0 fully saturated rings. The molecule has 0 saturated heterocycles. The van der Waals surface area contributed by atoms with Crippen LogP contribution in [0.1, 0.15) is 0 Å². The Balaban J connectivity index is 0.000000171. The number of rotatable bonds is 14. The monoisotopic (exact) mass is 1510 g/mol. The van der Waals surface area contributed by atoms with Crippen molar-refractivity contribution in [2.45, 2.75) is 0 Å². The topological polar surface area (TPSA) is 118 Å². The lowest BCUT2D eigenvalue weighted by Crippen LogP contribution is -2.29. The molecule has 14 aromatic carbocycles. The first-order chi connectivity index (χ1) is 50.0.